The lowest BCUT2D eigenvalue weighted by Gasteiger charge is -2.18. The standard InChI is InChI=1S/C13H14N4O4/c1-2-19-13-15-12(16-17-13)14-11(18)8-3-4-9-10(7-8)21-6-5-20-9/h3-4,7H,2,5-6H2,1H3,(H2,14,15,16,17,18). The third kappa shape index (κ3) is 2.88. The van der Waals surface area contributed by atoms with Gasteiger partial charge in [-0.1, -0.05) is 0 Å². The van der Waals surface area contributed by atoms with Crippen LogP contribution in [0.5, 0.6) is 17.5 Å². The van der Waals surface area contributed by atoms with Crippen LogP contribution >= 0.6 is 0 Å². The number of benzene rings is 1. The van der Waals surface area contributed by atoms with Crippen LogP contribution in [0.1, 0.15) is 17.3 Å². The van der Waals surface area contributed by atoms with Gasteiger partial charge in [-0.3, -0.25) is 10.1 Å². The number of aromatic nitrogens is 3. The number of anilines is 1. The van der Waals surface area contributed by atoms with E-state index in [1.807, 2.05) is 6.92 Å². The molecule has 0 radical (unpaired) electrons. The SMILES string of the molecule is CCOc1n[nH]c(NC(=O)c2ccc3c(c2)OCCO3)n1. The molecule has 1 aliphatic rings. The van der Waals surface area contributed by atoms with Crippen molar-refractivity contribution in [2.45, 2.75) is 6.92 Å². The molecule has 0 unspecified atom stereocenters. The van der Waals surface area contributed by atoms with E-state index >= 15 is 0 Å². The van der Waals surface area contributed by atoms with Crippen molar-refractivity contribution in [1.82, 2.24) is 15.2 Å². The van der Waals surface area contributed by atoms with Gasteiger partial charge in [-0.2, -0.15) is 4.98 Å². The Morgan fingerprint density at radius 3 is 3.00 bits per heavy atom. The van der Waals surface area contributed by atoms with E-state index < -0.39 is 0 Å². The summed E-state index contributed by atoms with van der Waals surface area (Å²) in [6.45, 7) is 3.26. The summed E-state index contributed by atoms with van der Waals surface area (Å²) in [5.41, 5.74) is 0.439. The fraction of sp³-hybridized carbons (Fsp3) is 0.308. The predicted octanol–water partition coefficient (Wildman–Crippen LogP) is 1.23. The molecular weight excluding hydrogens is 276 g/mol. The van der Waals surface area contributed by atoms with E-state index in [4.69, 9.17) is 14.2 Å². The van der Waals surface area contributed by atoms with Crippen LogP contribution in [0.4, 0.5) is 5.95 Å². The number of aromatic amines is 1. The molecule has 8 heteroatoms. The van der Waals surface area contributed by atoms with Gasteiger partial charge in [0.25, 0.3) is 5.91 Å². The van der Waals surface area contributed by atoms with Crippen LogP contribution in [0.3, 0.4) is 0 Å². The molecule has 0 saturated carbocycles. The first-order valence-corrected chi connectivity index (χ1v) is 6.52. The molecule has 0 bridgehead atoms. The van der Waals surface area contributed by atoms with Crippen LogP contribution in [0.2, 0.25) is 0 Å². The van der Waals surface area contributed by atoms with Crippen molar-refractivity contribution in [2.24, 2.45) is 0 Å². The molecule has 110 valence electrons. The summed E-state index contributed by atoms with van der Waals surface area (Å²) < 4.78 is 16.0. The molecule has 8 nitrogen and oxygen atoms in total. The molecule has 2 heterocycles. The highest BCUT2D eigenvalue weighted by Crippen LogP contribution is 2.30. The van der Waals surface area contributed by atoms with Crippen molar-refractivity contribution in [3.63, 3.8) is 0 Å². The number of hydrogen-bond acceptors (Lipinski definition) is 6. The zero-order chi connectivity index (χ0) is 14.7. The van der Waals surface area contributed by atoms with Gasteiger partial charge in [0.05, 0.1) is 6.61 Å². The number of carbonyl (C=O) groups is 1. The molecule has 1 amide bonds. The molecule has 3 rings (SSSR count). The predicted molar refractivity (Wildman–Crippen MR) is 72.9 cm³/mol. The van der Waals surface area contributed by atoms with Crippen molar-refractivity contribution < 1.29 is 19.0 Å². The van der Waals surface area contributed by atoms with Crippen LogP contribution < -0.4 is 19.5 Å². The average Bonchev–Trinajstić information content (AvgIpc) is 2.94. The first kappa shape index (κ1) is 13.2. The van der Waals surface area contributed by atoms with Gasteiger partial charge in [0.15, 0.2) is 11.5 Å². The lowest BCUT2D eigenvalue weighted by atomic mass is 10.2. The minimum Gasteiger partial charge on any atom is -0.486 e. The fourth-order valence-corrected chi connectivity index (χ4v) is 1.86. The first-order valence-electron chi connectivity index (χ1n) is 6.52. The van der Waals surface area contributed by atoms with Crippen LogP contribution in [0.15, 0.2) is 18.2 Å². The lowest BCUT2D eigenvalue weighted by molar-refractivity contribution is 0.102. The molecule has 0 fully saturated rings. The maximum Gasteiger partial charge on any atom is 0.337 e. The monoisotopic (exact) mass is 290 g/mol. The number of H-pyrrole nitrogens is 1. The third-order valence-electron chi connectivity index (χ3n) is 2.77. The normalized spacial score (nSPS) is 12.8. The highest BCUT2D eigenvalue weighted by molar-refractivity contribution is 6.03. The Balaban J connectivity index is 1.72. The molecule has 1 aromatic carbocycles. The molecule has 2 N–H and O–H groups in total. The Morgan fingerprint density at radius 2 is 2.19 bits per heavy atom. The maximum absolute atomic E-state index is 12.1. The summed E-state index contributed by atoms with van der Waals surface area (Å²) in [6, 6.07) is 5.18. The summed E-state index contributed by atoms with van der Waals surface area (Å²) in [4.78, 5) is 16.1. The average molecular weight is 290 g/mol. The molecule has 0 aliphatic carbocycles. The quantitative estimate of drug-likeness (QED) is 0.878. The number of hydrogen-bond donors (Lipinski definition) is 2. The minimum absolute atomic E-state index is 0.190. The summed E-state index contributed by atoms with van der Waals surface area (Å²) in [5, 5.41) is 8.98. The lowest BCUT2D eigenvalue weighted by Crippen LogP contribution is -2.17. The Labute approximate surface area is 120 Å². The van der Waals surface area contributed by atoms with Gasteiger partial charge in [0.1, 0.15) is 13.2 Å². The second-order valence-corrected chi connectivity index (χ2v) is 4.21. The molecular formula is C13H14N4O4. The van der Waals surface area contributed by atoms with E-state index in [9.17, 15) is 4.79 Å². The van der Waals surface area contributed by atoms with Crippen LogP contribution in [0.25, 0.3) is 0 Å². The molecule has 1 aromatic heterocycles. The molecule has 0 spiro atoms. The Kier molecular flexibility index (Phi) is 3.59. The highest BCUT2D eigenvalue weighted by atomic mass is 16.6. The zero-order valence-corrected chi connectivity index (χ0v) is 11.4. The van der Waals surface area contributed by atoms with Crippen molar-refractivity contribution in [3.8, 4) is 17.5 Å². The van der Waals surface area contributed by atoms with Crippen molar-refractivity contribution in [2.75, 3.05) is 25.1 Å². The van der Waals surface area contributed by atoms with E-state index in [1.165, 1.54) is 0 Å². The number of nitrogens with one attached hydrogen (secondary N) is 2. The minimum atomic E-state index is -0.328. The number of fused-ring (bicyclic) bond motifs is 1. The number of amides is 1. The van der Waals surface area contributed by atoms with Crippen molar-refractivity contribution >= 4 is 11.9 Å². The molecule has 21 heavy (non-hydrogen) atoms. The van der Waals surface area contributed by atoms with Gasteiger partial charge in [-0.05, 0) is 25.1 Å². The van der Waals surface area contributed by atoms with Gasteiger partial charge < -0.3 is 14.2 Å². The zero-order valence-electron chi connectivity index (χ0n) is 11.4. The van der Waals surface area contributed by atoms with Crippen molar-refractivity contribution in [3.05, 3.63) is 23.8 Å². The topological polar surface area (TPSA) is 98.4 Å². The Bertz CT molecular complexity index is 655. The van der Waals surface area contributed by atoms with Crippen LogP contribution in [-0.4, -0.2) is 40.9 Å². The molecule has 0 saturated heterocycles. The molecule has 0 atom stereocenters. The second kappa shape index (κ2) is 5.70. The summed E-state index contributed by atoms with van der Waals surface area (Å²) in [7, 11) is 0. The van der Waals surface area contributed by atoms with Gasteiger partial charge in [-0.15, -0.1) is 5.10 Å². The summed E-state index contributed by atoms with van der Waals surface area (Å²) in [6.07, 6.45) is 0. The fourth-order valence-electron chi connectivity index (χ4n) is 1.86. The van der Waals surface area contributed by atoms with Crippen LogP contribution in [-0.2, 0) is 0 Å². The van der Waals surface area contributed by atoms with Crippen LogP contribution in [0, 0.1) is 0 Å². The number of rotatable bonds is 4. The van der Waals surface area contributed by atoms with E-state index in [2.05, 4.69) is 20.5 Å². The van der Waals surface area contributed by atoms with E-state index in [0.29, 0.717) is 36.9 Å². The number of ether oxygens (including phenoxy) is 3. The van der Waals surface area contributed by atoms with E-state index in [-0.39, 0.29) is 17.9 Å². The van der Waals surface area contributed by atoms with Gasteiger partial charge in [-0.25, -0.2) is 5.10 Å². The first-order chi connectivity index (χ1) is 10.3. The largest absolute Gasteiger partial charge is 0.486 e. The Morgan fingerprint density at radius 1 is 1.38 bits per heavy atom. The van der Waals surface area contributed by atoms with Gasteiger partial charge in [0.2, 0.25) is 5.95 Å². The number of carbonyl (C=O) groups excluding carboxylic acids is 1. The van der Waals surface area contributed by atoms with Crippen molar-refractivity contribution in [1.29, 1.82) is 0 Å². The molecule has 1 aliphatic heterocycles. The Hall–Kier alpha value is -2.77. The second-order valence-electron chi connectivity index (χ2n) is 4.21. The highest BCUT2D eigenvalue weighted by Gasteiger charge is 2.16. The third-order valence-corrected chi connectivity index (χ3v) is 2.77. The number of nitrogens with zero attached hydrogens (tertiary/aromatic N) is 2. The maximum atomic E-state index is 12.1. The van der Waals surface area contributed by atoms with Gasteiger partial charge in [0, 0.05) is 5.56 Å². The van der Waals surface area contributed by atoms with E-state index in [1.54, 1.807) is 18.2 Å². The summed E-state index contributed by atoms with van der Waals surface area (Å²) in [5.74, 6) is 1.09. The molecule has 2 aromatic rings. The smallest absolute Gasteiger partial charge is 0.337 e. The summed E-state index contributed by atoms with van der Waals surface area (Å²) >= 11 is 0. The van der Waals surface area contributed by atoms with E-state index in [0.717, 1.165) is 0 Å². The van der Waals surface area contributed by atoms with Gasteiger partial charge >= 0.3 is 6.01 Å².